The highest BCUT2D eigenvalue weighted by atomic mass is 79.9. The van der Waals surface area contributed by atoms with Crippen LogP contribution in [-0.4, -0.2) is 50.9 Å². The number of likely N-dealkylation sites (tertiary alicyclic amines) is 1. The summed E-state index contributed by atoms with van der Waals surface area (Å²) in [7, 11) is 0. The Labute approximate surface area is 177 Å². The van der Waals surface area contributed by atoms with Crippen LogP contribution in [0.5, 0.6) is 0 Å². The first-order valence-corrected chi connectivity index (χ1v) is 10.5. The molecule has 1 aromatic carbocycles. The number of halogens is 1. The second-order valence-electron chi connectivity index (χ2n) is 7.18. The van der Waals surface area contributed by atoms with Crippen molar-refractivity contribution in [3.63, 3.8) is 0 Å². The van der Waals surface area contributed by atoms with Crippen LogP contribution in [0, 0.1) is 0 Å². The van der Waals surface area contributed by atoms with Gasteiger partial charge in [0.15, 0.2) is 5.65 Å². The van der Waals surface area contributed by atoms with Gasteiger partial charge in [-0.05, 0) is 49.2 Å². The number of benzene rings is 1. The van der Waals surface area contributed by atoms with Crippen LogP contribution in [0.15, 0.2) is 53.1 Å². The fraction of sp³-hybridized carbons (Fsp3) is 0.333. The number of hydrogen-bond donors (Lipinski definition) is 1. The van der Waals surface area contributed by atoms with Crippen molar-refractivity contribution in [2.24, 2.45) is 0 Å². The molecule has 4 rings (SSSR count). The number of pyridine rings is 1. The third-order valence-corrected chi connectivity index (χ3v) is 5.74. The molecular weight excluding hydrogens is 434 g/mol. The van der Waals surface area contributed by atoms with Crippen LogP contribution in [-0.2, 0) is 4.79 Å². The summed E-state index contributed by atoms with van der Waals surface area (Å²) in [6, 6.07) is 13.0. The summed E-state index contributed by atoms with van der Waals surface area (Å²) in [6.07, 6.45) is 4.17. The summed E-state index contributed by atoms with van der Waals surface area (Å²) in [5.41, 5.74) is 1.40. The lowest BCUT2D eigenvalue weighted by Crippen LogP contribution is -2.41. The van der Waals surface area contributed by atoms with E-state index in [4.69, 9.17) is 0 Å². The van der Waals surface area contributed by atoms with Crippen molar-refractivity contribution >= 4 is 33.4 Å². The molecule has 8 heteroatoms. The quantitative estimate of drug-likeness (QED) is 0.640. The first kappa shape index (κ1) is 19.6. The van der Waals surface area contributed by atoms with Crippen LogP contribution in [0.2, 0.25) is 0 Å². The molecule has 1 aliphatic rings. The Balaban J connectivity index is 1.32. The highest BCUT2D eigenvalue weighted by Gasteiger charge is 2.27. The molecule has 0 saturated carbocycles. The Morgan fingerprint density at radius 2 is 1.97 bits per heavy atom. The number of rotatable bonds is 5. The lowest BCUT2D eigenvalue weighted by atomic mass is 9.97. The maximum absolute atomic E-state index is 12.7. The third kappa shape index (κ3) is 4.48. The average Bonchev–Trinajstić information content (AvgIpc) is 3.18. The van der Waals surface area contributed by atoms with Crippen molar-refractivity contribution in [3.05, 3.63) is 64.5 Å². The normalized spacial score (nSPS) is 16.7. The highest BCUT2D eigenvalue weighted by Crippen LogP contribution is 2.26. The van der Waals surface area contributed by atoms with E-state index in [0.717, 1.165) is 35.3 Å². The van der Waals surface area contributed by atoms with Crippen LogP contribution < -0.4 is 5.32 Å². The van der Waals surface area contributed by atoms with Gasteiger partial charge in [-0.25, -0.2) is 0 Å². The van der Waals surface area contributed by atoms with Gasteiger partial charge in [-0.1, -0.05) is 22.0 Å². The number of piperidine rings is 1. The van der Waals surface area contributed by atoms with Gasteiger partial charge in [0, 0.05) is 48.2 Å². The minimum Gasteiger partial charge on any atom is -0.352 e. The molecule has 0 radical (unpaired) electrons. The van der Waals surface area contributed by atoms with Crippen molar-refractivity contribution in [3.8, 4) is 0 Å². The van der Waals surface area contributed by atoms with Gasteiger partial charge in [0.1, 0.15) is 5.82 Å². The molecule has 1 aliphatic heterocycles. The summed E-state index contributed by atoms with van der Waals surface area (Å²) in [5, 5.41) is 11.4. The zero-order chi connectivity index (χ0) is 20.2. The lowest BCUT2D eigenvalue weighted by molar-refractivity contribution is -0.132. The van der Waals surface area contributed by atoms with Crippen molar-refractivity contribution in [1.29, 1.82) is 0 Å². The molecule has 2 amide bonds. The second kappa shape index (κ2) is 8.73. The molecule has 1 unspecified atom stereocenters. The minimum atomic E-state index is -0.170. The van der Waals surface area contributed by atoms with Crippen LogP contribution in [0.25, 0.3) is 5.65 Å². The van der Waals surface area contributed by atoms with E-state index in [0.29, 0.717) is 18.7 Å². The zero-order valence-corrected chi connectivity index (χ0v) is 17.5. The number of amides is 2. The predicted molar refractivity (Wildman–Crippen MR) is 113 cm³/mol. The average molecular weight is 456 g/mol. The van der Waals surface area contributed by atoms with E-state index < -0.39 is 0 Å². The Morgan fingerprint density at radius 1 is 1.14 bits per heavy atom. The number of hydrogen-bond acceptors (Lipinski definition) is 4. The summed E-state index contributed by atoms with van der Waals surface area (Å²) >= 11 is 3.35. The Hall–Kier alpha value is -2.74. The van der Waals surface area contributed by atoms with Crippen LogP contribution in [0.4, 0.5) is 0 Å². The second-order valence-corrected chi connectivity index (χ2v) is 8.09. The van der Waals surface area contributed by atoms with Crippen molar-refractivity contribution < 1.29 is 9.59 Å². The minimum absolute atomic E-state index is 0.0552. The molecule has 29 heavy (non-hydrogen) atoms. The number of nitrogens with zero attached hydrogens (tertiary/aromatic N) is 4. The molecule has 1 atom stereocenters. The van der Waals surface area contributed by atoms with Crippen molar-refractivity contribution in [2.75, 3.05) is 19.6 Å². The fourth-order valence-corrected chi connectivity index (χ4v) is 3.96. The summed E-state index contributed by atoms with van der Waals surface area (Å²) < 4.78 is 2.92. The van der Waals surface area contributed by atoms with Gasteiger partial charge in [0.2, 0.25) is 5.91 Å². The maximum atomic E-state index is 12.7. The van der Waals surface area contributed by atoms with Crippen LogP contribution in [0.1, 0.15) is 41.4 Å². The Morgan fingerprint density at radius 3 is 2.79 bits per heavy atom. The standard InChI is InChI=1S/C21H22BrN5O2/c22-17-8-6-15(7-9-17)21(29)23-11-10-19(28)26-12-3-4-16(14-26)20-25-24-18-5-1-2-13-27(18)20/h1-2,5-9,13,16H,3-4,10-12,14H2,(H,23,29). The third-order valence-electron chi connectivity index (χ3n) is 5.21. The molecule has 0 aliphatic carbocycles. The van der Waals surface area contributed by atoms with Crippen LogP contribution >= 0.6 is 15.9 Å². The predicted octanol–water partition coefficient (Wildman–Crippen LogP) is 3.02. The summed E-state index contributed by atoms with van der Waals surface area (Å²) in [5.74, 6) is 0.959. The Bertz CT molecular complexity index is 1020. The molecule has 2 aromatic heterocycles. The van der Waals surface area contributed by atoms with Gasteiger partial charge in [0.25, 0.3) is 5.91 Å². The molecular formula is C21H22BrN5O2. The van der Waals surface area contributed by atoms with Gasteiger partial charge >= 0.3 is 0 Å². The molecule has 150 valence electrons. The van der Waals surface area contributed by atoms with E-state index in [9.17, 15) is 9.59 Å². The highest BCUT2D eigenvalue weighted by molar-refractivity contribution is 9.10. The number of carbonyl (C=O) groups is 2. The monoisotopic (exact) mass is 455 g/mol. The van der Waals surface area contributed by atoms with Gasteiger partial charge < -0.3 is 10.2 Å². The summed E-state index contributed by atoms with van der Waals surface area (Å²) in [6.45, 7) is 1.70. The lowest BCUT2D eigenvalue weighted by Gasteiger charge is -2.32. The fourth-order valence-electron chi connectivity index (χ4n) is 3.70. The number of aromatic nitrogens is 3. The molecule has 3 heterocycles. The molecule has 0 spiro atoms. The largest absolute Gasteiger partial charge is 0.352 e. The van der Waals surface area contributed by atoms with Gasteiger partial charge in [-0.15, -0.1) is 10.2 Å². The Kier molecular flexibility index (Phi) is 5.89. The van der Waals surface area contributed by atoms with E-state index in [1.54, 1.807) is 12.1 Å². The van der Waals surface area contributed by atoms with Crippen molar-refractivity contribution in [2.45, 2.75) is 25.2 Å². The first-order chi connectivity index (χ1) is 14.1. The molecule has 1 fully saturated rings. The molecule has 1 N–H and O–H groups in total. The van der Waals surface area contributed by atoms with E-state index in [1.165, 1.54) is 0 Å². The van der Waals surface area contributed by atoms with Gasteiger partial charge in [-0.3, -0.25) is 14.0 Å². The van der Waals surface area contributed by atoms with E-state index in [2.05, 4.69) is 31.4 Å². The van der Waals surface area contributed by atoms with Gasteiger partial charge in [-0.2, -0.15) is 0 Å². The summed E-state index contributed by atoms with van der Waals surface area (Å²) in [4.78, 5) is 26.7. The van der Waals surface area contributed by atoms with E-state index in [-0.39, 0.29) is 24.2 Å². The molecule has 7 nitrogen and oxygen atoms in total. The maximum Gasteiger partial charge on any atom is 0.251 e. The topological polar surface area (TPSA) is 79.6 Å². The zero-order valence-electron chi connectivity index (χ0n) is 15.9. The number of fused-ring (bicyclic) bond motifs is 1. The van der Waals surface area contributed by atoms with Gasteiger partial charge in [0.05, 0.1) is 0 Å². The number of carbonyl (C=O) groups excluding carboxylic acids is 2. The SMILES string of the molecule is O=C(NCCC(=O)N1CCCC(c2nnc3ccccn23)C1)c1ccc(Br)cc1. The molecule has 3 aromatic rings. The number of nitrogens with one attached hydrogen (secondary N) is 1. The smallest absolute Gasteiger partial charge is 0.251 e. The molecule has 0 bridgehead atoms. The first-order valence-electron chi connectivity index (χ1n) is 9.73. The van der Waals surface area contributed by atoms with E-state index >= 15 is 0 Å². The molecule has 1 saturated heterocycles. The van der Waals surface area contributed by atoms with E-state index in [1.807, 2.05) is 45.8 Å². The van der Waals surface area contributed by atoms with Crippen LogP contribution in [0.3, 0.4) is 0 Å². The van der Waals surface area contributed by atoms with Crippen molar-refractivity contribution in [1.82, 2.24) is 24.8 Å².